The molecule has 0 N–H and O–H groups in total. The molecule has 2 atom stereocenters. The summed E-state index contributed by atoms with van der Waals surface area (Å²) in [5.41, 5.74) is 1.09. The largest absolute Gasteiger partial charge is 0.497 e. The van der Waals surface area contributed by atoms with E-state index in [0.29, 0.717) is 31.2 Å². The van der Waals surface area contributed by atoms with Crippen LogP contribution in [0.5, 0.6) is 11.5 Å². The molecular formula is C29H38F3N3O4. The SMILES string of the molecule is COC(=O)CC[C@H]1CN(Cc2cc(OC)cc(OC)c2)CC[C@H]1N1CCN(c2cccc(C(F)(F)F)c2)CC1. The van der Waals surface area contributed by atoms with Crippen molar-refractivity contribution in [2.45, 2.75) is 38.0 Å². The predicted molar refractivity (Wildman–Crippen MR) is 143 cm³/mol. The third kappa shape index (κ3) is 7.57. The van der Waals surface area contributed by atoms with Crippen LogP contribution in [0.2, 0.25) is 0 Å². The van der Waals surface area contributed by atoms with E-state index in [2.05, 4.69) is 9.80 Å². The fourth-order valence-corrected chi connectivity index (χ4v) is 5.82. The summed E-state index contributed by atoms with van der Waals surface area (Å²) in [5.74, 6) is 1.56. The standard InChI is InChI=1S/C29H38F3N3O4/c1-37-25-15-21(16-26(18-25)38-2)19-33-10-9-27(22(20-33)7-8-28(36)39-3)35-13-11-34(12-14-35)24-6-4-5-23(17-24)29(30,31)32/h4-6,15-18,22,27H,7-14,19-20H2,1-3H3/t22-,27+/m0/s1. The predicted octanol–water partition coefficient (Wildman–Crippen LogP) is 4.69. The first-order valence-electron chi connectivity index (χ1n) is 13.4. The molecule has 2 aliphatic heterocycles. The Hall–Kier alpha value is -2.98. The molecule has 2 fully saturated rings. The topological polar surface area (TPSA) is 54.5 Å². The normalized spacial score (nSPS) is 21.0. The van der Waals surface area contributed by atoms with Crippen molar-refractivity contribution in [3.63, 3.8) is 0 Å². The van der Waals surface area contributed by atoms with Gasteiger partial charge in [0.15, 0.2) is 0 Å². The fourth-order valence-electron chi connectivity index (χ4n) is 5.82. The van der Waals surface area contributed by atoms with E-state index < -0.39 is 11.7 Å². The third-order valence-electron chi connectivity index (χ3n) is 7.86. The van der Waals surface area contributed by atoms with Gasteiger partial charge in [-0.1, -0.05) is 6.07 Å². The van der Waals surface area contributed by atoms with Gasteiger partial charge in [0, 0.05) is 63.5 Å². The lowest BCUT2D eigenvalue weighted by Crippen LogP contribution is -2.56. The number of carbonyl (C=O) groups excluding carboxylic acids is 1. The molecule has 2 aromatic rings. The van der Waals surface area contributed by atoms with Gasteiger partial charge < -0.3 is 19.1 Å². The summed E-state index contributed by atoms with van der Waals surface area (Å²) in [6.07, 6.45) is -2.31. The zero-order valence-corrected chi connectivity index (χ0v) is 22.9. The molecule has 7 nitrogen and oxygen atoms in total. The first kappa shape index (κ1) is 29.0. The number of likely N-dealkylation sites (tertiary alicyclic amines) is 1. The second-order valence-corrected chi connectivity index (χ2v) is 10.3. The molecule has 214 valence electrons. The van der Waals surface area contributed by atoms with Crippen molar-refractivity contribution in [1.29, 1.82) is 0 Å². The van der Waals surface area contributed by atoms with Gasteiger partial charge >= 0.3 is 12.1 Å². The second-order valence-electron chi connectivity index (χ2n) is 10.3. The van der Waals surface area contributed by atoms with Crippen molar-refractivity contribution in [2.24, 2.45) is 5.92 Å². The molecule has 0 aliphatic carbocycles. The van der Waals surface area contributed by atoms with E-state index in [-0.39, 0.29) is 11.9 Å². The highest BCUT2D eigenvalue weighted by atomic mass is 19.4. The van der Waals surface area contributed by atoms with Crippen LogP contribution in [0.1, 0.15) is 30.4 Å². The Kier molecular flexibility index (Phi) is 9.61. The molecule has 2 heterocycles. The van der Waals surface area contributed by atoms with E-state index >= 15 is 0 Å². The number of rotatable bonds is 9. The molecule has 0 bridgehead atoms. The molecule has 0 saturated carbocycles. The highest BCUT2D eigenvalue weighted by Crippen LogP contribution is 2.33. The monoisotopic (exact) mass is 549 g/mol. The number of hydrogen-bond donors (Lipinski definition) is 0. The number of nitrogens with zero attached hydrogens (tertiary/aromatic N) is 3. The molecule has 2 saturated heterocycles. The van der Waals surface area contributed by atoms with E-state index in [1.165, 1.54) is 19.2 Å². The van der Waals surface area contributed by atoms with E-state index in [4.69, 9.17) is 14.2 Å². The number of anilines is 1. The van der Waals surface area contributed by atoms with Gasteiger partial charge in [-0.05, 0) is 61.2 Å². The molecule has 2 aliphatic rings. The smallest absolute Gasteiger partial charge is 0.416 e. The summed E-state index contributed by atoms with van der Waals surface area (Å²) >= 11 is 0. The van der Waals surface area contributed by atoms with Crippen molar-refractivity contribution in [3.05, 3.63) is 53.6 Å². The number of hydrogen-bond acceptors (Lipinski definition) is 7. The molecule has 0 aromatic heterocycles. The van der Waals surface area contributed by atoms with Crippen LogP contribution < -0.4 is 14.4 Å². The van der Waals surface area contributed by atoms with Crippen LogP contribution >= 0.6 is 0 Å². The summed E-state index contributed by atoms with van der Waals surface area (Å²) < 4.78 is 55.4. The maximum Gasteiger partial charge on any atom is 0.416 e. The van der Waals surface area contributed by atoms with Crippen LogP contribution in [0.4, 0.5) is 18.9 Å². The molecule has 0 radical (unpaired) electrons. The van der Waals surface area contributed by atoms with E-state index in [9.17, 15) is 18.0 Å². The number of alkyl halides is 3. The van der Waals surface area contributed by atoms with Crippen molar-refractivity contribution in [2.75, 3.05) is 65.5 Å². The number of methoxy groups -OCH3 is 3. The van der Waals surface area contributed by atoms with Crippen molar-refractivity contribution >= 4 is 11.7 Å². The maximum atomic E-state index is 13.2. The molecule has 0 unspecified atom stereocenters. The fraction of sp³-hybridized carbons (Fsp3) is 0.552. The Balaban J connectivity index is 1.41. The van der Waals surface area contributed by atoms with Gasteiger partial charge in [0.25, 0.3) is 0 Å². The van der Waals surface area contributed by atoms with Gasteiger partial charge in [0.05, 0.1) is 26.9 Å². The first-order chi connectivity index (χ1) is 18.7. The van der Waals surface area contributed by atoms with E-state index in [1.807, 2.05) is 23.1 Å². The van der Waals surface area contributed by atoms with Crippen LogP contribution in [-0.4, -0.2) is 82.4 Å². The third-order valence-corrected chi connectivity index (χ3v) is 7.86. The molecule has 4 rings (SSSR count). The second kappa shape index (κ2) is 12.9. The summed E-state index contributed by atoms with van der Waals surface area (Å²) in [4.78, 5) is 18.9. The molecule has 0 amide bonds. The molecule has 2 aromatic carbocycles. The molecule has 10 heteroatoms. The number of halogens is 3. The molecule has 0 spiro atoms. The Labute approximate surface area is 228 Å². The number of benzene rings is 2. The number of piperazine rings is 1. The minimum atomic E-state index is -4.35. The lowest BCUT2D eigenvalue weighted by atomic mass is 9.86. The minimum absolute atomic E-state index is 0.210. The van der Waals surface area contributed by atoms with Crippen LogP contribution in [0.25, 0.3) is 0 Å². The van der Waals surface area contributed by atoms with E-state index in [1.54, 1.807) is 20.3 Å². The molecular weight excluding hydrogens is 511 g/mol. The quantitative estimate of drug-likeness (QED) is 0.421. The average molecular weight is 550 g/mol. The summed E-state index contributed by atoms with van der Waals surface area (Å²) in [5, 5.41) is 0. The minimum Gasteiger partial charge on any atom is -0.497 e. The van der Waals surface area contributed by atoms with Crippen LogP contribution in [0, 0.1) is 5.92 Å². The van der Waals surface area contributed by atoms with Gasteiger partial charge in [0.2, 0.25) is 0 Å². The van der Waals surface area contributed by atoms with Crippen LogP contribution in [0.3, 0.4) is 0 Å². The lowest BCUT2D eigenvalue weighted by molar-refractivity contribution is -0.141. The van der Waals surface area contributed by atoms with Crippen molar-refractivity contribution in [1.82, 2.24) is 9.80 Å². The number of ether oxygens (including phenoxy) is 3. The van der Waals surface area contributed by atoms with E-state index in [0.717, 1.165) is 68.7 Å². The maximum absolute atomic E-state index is 13.2. The number of piperidine rings is 1. The Morgan fingerprint density at radius 1 is 0.949 bits per heavy atom. The van der Waals surface area contributed by atoms with Gasteiger partial charge in [-0.2, -0.15) is 13.2 Å². The van der Waals surface area contributed by atoms with Crippen molar-refractivity contribution < 1.29 is 32.2 Å². The zero-order chi connectivity index (χ0) is 28.0. The number of carbonyl (C=O) groups is 1. The van der Waals surface area contributed by atoms with Crippen LogP contribution in [0.15, 0.2) is 42.5 Å². The Morgan fingerprint density at radius 3 is 2.26 bits per heavy atom. The molecule has 39 heavy (non-hydrogen) atoms. The van der Waals surface area contributed by atoms with Gasteiger partial charge in [-0.15, -0.1) is 0 Å². The van der Waals surface area contributed by atoms with Gasteiger partial charge in [0.1, 0.15) is 11.5 Å². The lowest BCUT2D eigenvalue weighted by Gasteiger charge is -2.47. The zero-order valence-electron chi connectivity index (χ0n) is 22.9. The summed E-state index contributed by atoms with van der Waals surface area (Å²) in [7, 11) is 4.69. The van der Waals surface area contributed by atoms with Gasteiger partial charge in [-0.3, -0.25) is 14.6 Å². The Bertz CT molecular complexity index is 1080. The van der Waals surface area contributed by atoms with Crippen LogP contribution in [-0.2, 0) is 22.3 Å². The number of esters is 1. The Morgan fingerprint density at radius 2 is 1.64 bits per heavy atom. The highest BCUT2D eigenvalue weighted by molar-refractivity contribution is 5.69. The highest BCUT2D eigenvalue weighted by Gasteiger charge is 2.36. The average Bonchev–Trinajstić information content (AvgIpc) is 2.95. The van der Waals surface area contributed by atoms with Gasteiger partial charge in [-0.25, -0.2) is 0 Å². The summed E-state index contributed by atoms with van der Waals surface area (Å²) in [6.45, 7) is 5.36. The summed E-state index contributed by atoms with van der Waals surface area (Å²) in [6, 6.07) is 11.8. The first-order valence-corrected chi connectivity index (χ1v) is 13.4. The van der Waals surface area contributed by atoms with Crippen molar-refractivity contribution in [3.8, 4) is 11.5 Å².